The van der Waals surface area contributed by atoms with E-state index in [0.29, 0.717) is 19.7 Å². The maximum absolute atomic E-state index is 5.88. The molecule has 0 unspecified atom stereocenters. The van der Waals surface area contributed by atoms with Gasteiger partial charge in [0.1, 0.15) is 12.4 Å². The van der Waals surface area contributed by atoms with Gasteiger partial charge in [0.05, 0.1) is 12.2 Å². The third-order valence-electron chi connectivity index (χ3n) is 3.24. The molecular weight excluding hydrogens is 240 g/mol. The van der Waals surface area contributed by atoms with Crippen molar-refractivity contribution in [2.75, 3.05) is 6.61 Å². The van der Waals surface area contributed by atoms with Crippen LogP contribution >= 0.6 is 0 Å². The summed E-state index contributed by atoms with van der Waals surface area (Å²) in [6.07, 6.45) is 1.85. The molecule has 19 heavy (non-hydrogen) atoms. The summed E-state index contributed by atoms with van der Waals surface area (Å²) in [6, 6.07) is 4.20. The SMILES string of the molecule is Cc1ccc(C)c(OCCn2cc(CN)nn2)c1C. The topological polar surface area (TPSA) is 66.0 Å². The number of nitrogens with zero attached hydrogens (tertiary/aromatic N) is 3. The van der Waals surface area contributed by atoms with Crippen LogP contribution in [0.1, 0.15) is 22.4 Å². The average Bonchev–Trinajstić information content (AvgIpc) is 2.86. The third kappa shape index (κ3) is 3.12. The van der Waals surface area contributed by atoms with Gasteiger partial charge in [-0.2, -0.15) is 0 Å². The minimum absolute atomic E-state index is 0.414. The van der Waals surface area contributed by atoms with E-state index in [0.717, 1.165) is 17.0 Å². The Labute approximate surface area is 113 Å². The normalized spacial score (nSPS) is 10.7. The Morgan fingerprint density at radius 2 is 1.95 bits per heavy atom. The van der Waals surface area contributed by atoms with E-state index >= 15 is 0 Å². The lowest BCUT2D eigenvalue weighted by molar-refractivity contribution is 0.286. The van der Waals surface area contributed by atoms with Crippen molar-refractivity contribution in [3.05, 3.63) is 40.7 Å². The number of aromatic nitrogens is 3. The third-order valence-corrected chi connectivity index (χ3v) is 3.24. The molecule has 0 aliphatic rings. The molecule has 0 bridgehead atoms. The van der Waals surface area contributed by atoms with Crippen LogP contribution in [0.5, 0.6) is 5.75 Å². The maximum atomic E-state index is 5.88. The minimum Gasteiger partial charge on any atom is -0.491 e. The number of aryl methyl sites for hydroxylation is 2. The summed E-state index contributed by atoms with van der Waals surface area (Å²) < 4.78 is 7.63. The second-order valence-corrected chi connectivity index (χ2v) is 4.68. The van der Waals surface area contributed by atoms with Crippen molar-refractivity contribution < 1.29 is 4.74 Å². The van der Waals surface area contributed by atoms with Crippen LogP contribution in [0.25, 0.3) is 0 Å². The summed E-state index contributed by atoms with van der Waals surface area (Å²) in [5, 5.41) is 7.93. The highest BCUT2D eigenvalue weighted by atomic mass is 16.5. The van der Waals surface area contributed by atoms with Crippen molar-refractivity contribution in [2.45, 2.75) is 33.9 Å². The van der Waals surface area contributed by atoms with Gasteiger partial charge in [-0.25, -0.2) is 4.68 Å². The molecule has 0 aliphatic heterocycles. The Hall–Kier alpha value is -1.88. The van der Waals surface area contributed by atoms with Crippen LogP contribution in [-0.4, -0.2) is 21.6 Å². The Kier molecular flexibility index (Phi) is 4.16. The first-order valence-corrected chi connectivity index (χ1v) is 6.40. The monoisotopic (exact) mass is 260 g/mol. The lowest BCUT2D eigenvalue weighted by Gasteiger charge is -2.13. The zero-order chi connectivity index (χ0) is 13.8. The van der Waals surface area contributed by atoms with E-state index in [1.165, 1.54) is 11.1 Å². The van der Waals surface area contributed by atoms with E-state index < -0.39 is 0 Å². The molecule has 5 heteroatoms. The molecule has 0 fully saturated rings. The van der Waals surface area contributed by atoms with Crippen LogP contribution in [0.15, 0.2) is 18.3 Å². The van der Waals surface area contributed by atoms with E-state index in [4.69, 9.17) is 10.5 Å². The maximum Gasteiger partial charge on any atom is 0.125 e. The fourth-order valence-corrected chi connectivity index (χ4v) is 1.93. The molecule has 0 aliphatic carbocycles. The fourth-order valence-electron chi connectivity index (χ4n) is 1.93. The van der Waals surface area contributed by atoms with Crippen molar-refractivity contribution >= 4 is 0 Å². The zero-order valence-electron chi connectivity index (χ0n) is 11.7. The molecule has 1 heterocycles. The number of ether oxygens (including phenoxy) is 1. The fraction of sp³-hybridized carbons (Fsp3) is 0.429. The molecule has 1 aromatic heterocycles. The molecule has 1 aromatic carbocycles. The van der Waals surface area contributed by atoms with Crippen LogP contribution in [0.2, 0.25) is 0 Å². The largest absolute Gasteiger partial charge is 0.491 e. The number of benzene rings is 1. The second-order valence-electron chi connectivity index (χ2n) is 4.68. The summed E-state index contributed by atoms with van der Waals surface area (Å²) in [4.78, 5) is 0. The highest BCUT2D eigenvalue weighted by Crippen LogP contribution is 2.25. The van der Waals surface area contributed by atoms with Crippen LogP contribution in [0.3, 0.4) is 0 Å². The summed E-state index contributed by atoms with van der Waals surface area (Å²) >= 11 is 0. The molecule has 2 N–H and O–H groups in total. The molecule has 102 valence electrons. The van der Waals surface area contributed by atoms with Crippen LogP contribution < -0.4 is 10.5 Å². The average molecular weight is 260 g/mol. The van der Waals surface area contributed by atoms with Gasteiger partial charge < -0.3 is 10.5 Å². The molecule has 5 nitrogen and oxygen atoms in total. The first kappa shape index (κ1) is 13.5. The highest BCUT2D eigenvalue weighted by molar-refractivity contribution is 5.44. The van der Waals surface area contributed by atoms with E-state index in [1.54, 1.807) is 4.68 Å². The smallest absolute Gasteiger partial charge is 0.125 e. The van der Waals surface area contributed by atoms with Gasteiger partial charge in [0.15, 0.2) is 0 Å². The summed E-state index contributed by atoms with van der Waals surface area (Å²) in [6.45, 7) is 7.88. The van der Waals surface area contributed by atoms with Crippen LogP contribution in [-0.2, 0) is 13.1 Å². The summed E-state index contributed by atoms with van der Waals surface area (Å²) in [7, 11) is 0. The van der Waals surface area contributed by atoms with Gasteiger partial charge in [-0.05, 0) is 37.5 Å². The standard InChI is InChI=1S/C14H20N4O/c1-10-4-5-11(2)14(12(10)3)19-7-6-18-9-13(8-15)16-17-18/h4-5,9H,6-8,15H2,1-3H3. The van der Waals surface area contributed by atoms with E-state index in [9.17, 15) is 0 Å². The molecule has 0 amide bonds. The molecule has 0 atom stereocenters. The summed E-state index contributed by atoms with van der Waals surface area (Å²) in [5.41, 5.74) is 9.88. The van der Waals surface area contributed by atoms with Gasteiger partial charge in [0.2, 0.25) is 0 Å². The van der Waals surface area contributed by atoms with Crippen LogP contribution in [0.4, 0.5) is 0 Å². The number of hydrogen-bond acceptors (Lipinski definition) is 4. The van der Waals surface area contributed by atoms with Crippen molar-refractivity contribution in [2.24, 2.45) is 5.73 Å². The first-order valence-electron chi connectivity index (χ1n) is 6.40. The molecule has 2 rings (SSSR count). The van der Waals surface area contributed by atoms with E-state index in [2.05, 4.69) is 43.2 Å². The lowest BCUT2D eigenvalue weighted by Crippen LogP contribution is -2.10. The molecule has 0 saturated carbocycles. The van der Waals surface area contributed by atoms with E-state index in [1.807, 2.05) is 6.20 Å². The van der Waals surface area contributed by atoms with Crippen molar-refractivity contribution in [3.8, 4) is 5.75 Å². The Morgan fingerprint density at radius 1 is 1.21 bits per heavy atom. The molecule has 2 aromatic rings. The minimum atomic E-state index is 0.414. The number of nitrogens with two attached hydrogens (primary N) is 1. The molecule has 0 saturated heterocycles. The van der Waals surface area contributed by atoms with Crippen molar-refractivity contribution in [1.82, 2.24) is 15.0 Å². The molecular formula is C14H20N4O. The second kappa shape index (κ2) is 5.84. The van der Waals surface area contributed by atoms with Crippen molar-refractivity contribution in [1.29, 1.82) is 0 Å². The van der Waals surface area contributed by atoms with Gasteiger partial charge >= 0.3 is 0 Å². The van der Waals surface area contributed by atoms with Crippen LogP contribution in [0, 0.1) is 20.8 Å². The van der Waals surface area contributed by atoms with Gasteiger partial charge in [0, 0.05) is 12.7 Å². The molecule has 0 radical (unpaired) electrons. The Bertz CT molecular complexity index is 563. The zero-order valence-corrected chi connectivity index (χ0v) is 11.7. The predicted molar refractivity (Wildman–Crippen MR) is 74.1 cm³/mol. The van der Waals surface area contributed by atoms with Gasteiger partial charge in [0.25, 0.3) is 0 Å². The Morgan fingerprint density at radius 3 is 2.63 bits per heavy atom. The van der Waals surface area contributed by atoms with Gasteiger partial charge in [-0.15, -0.1) is 5.10 Å². The lowest BCUT2D eigenvalue weighted by atomic mass is 10.1. The predicted octanol–water partition coefficient (Wildman–Crippen LogP) is 1.74. The number of rotatable bonds is 5. The highest BCUT2D eigenvalue weighted by Gasteiger charge is 2.06. The van der Waals surface area contributed by atoms with Crippen molar-refractivity contribution in [3.63, 3.8) is 0 Å². The molecule has 0 spiro atoms. The quantitative estimate of drug-likeness (QED) is 0.889. The Balaban J connectivity index is 1.97. The van der Waals surface area contributed by atoms with Gasteiger partial charge in [-0.1, -0.05) is 17.3 Å². The van der Waals surface area contributed by atoms with Gasteiger partial charge in [-0.3, -0.25) is 0 Å². The number of hydrogen-bond donors (Lipinski definition) is 1. The first-order chi connectivity index (χ1) is 9.11. The summed E-state index contributed by atoms with van der Waals surface area (Å²) in [5.74, 6) is 0.971. The van der Waals surface area contributed by atoms with E-state index in [-0.39, 0.29) is 0 Å².